The number of aliphatic hydroxyl groups excluding tert-OH is 1. The molecule has 0 bridgehead atoms. The van der Waals surface area contributed by atoms with Crippen LogP contribution in [0.4, 0.5) is 0 Å². The summed E-state index contributed by atoms with van der Waals surface area (Å²) in [6.45, 7) is 2.53. The highest BCUT2D eigenvalue weighted by molar-refractivity contribution is 4.59. The molecule has 0 amide bonds. The first kappa shape index (κ1) is 6.05. The molecule has 0 aliphatic carbocycles. The van der Waals surface area contributed by atoms with Crippen molar-refractivity contribution < 1.29 is 10.0 Å². The van der Waals surface area contributed by atoms with Crippen molar-refractivity contribution in [2.75, 3.05) is 19.7 Å². The minimum absolute atomic E-state index is 0.346. The van der Waals surface area contributed by atoms with Crippen molar-refractivity contribution in [3.63, 3.8) is 0 Å². The number of hydrogen-bond donors (Lipinski definition) is 2. The lowest BCUT2D eigenvalue weighted by molar-refractivity contribution is -0.841. The molecule has 48 valence electrons. The molecule has 8 heavy (non-hydrogen) atoms. The SMILES string of the molecule is [CH2-][NH+]1CC[C@H](CO)C1. The fourth-order valence-electron chi connectivity index (χ4n) is 1.18. The maximum Gasteiger partial charge on any atom is 0.0583 e. The first-order chi connectivity index (χ1) is 3.83. The Bertz CT molecular complexity index is 74.9. The predicted octanol–water partition coefficient (Wildman–Crippen LogP) is -1.32. The molecule has 1 aliphatic heterocycles. The van der Waals surface area contributed by atoms with Crippen LogP contribution in [0, 0.1) is 13.0 Å². The van der Waals surface area contributed by atoms with Gasteiger partial charge in [-0.1, -0.05) is 0 Å². The van der Waals surface area contributed by atoms with Gasteiger partial charge in [-0.15, -0.1) is 0 Å². The van der Waals surface area contributed by atoms with Gasteiger partial charge in [0.05, 0.1) is 19.7 Å². The summed E-state index contributed by atoms with van der Waals surface area (Å²) < 4.78 is 0. The summed E-state index contributed by atoms with van der Waals surface area (Å²) in [6, 6.07) is 0. The second kappa shape index (κ2) is 2.46. The Morgan fingerprint density at radius 3 is 2.75 bits per heavy atom. The molecule has 2 N–H and O–H groups in total. The number of rotatable bonds is 1. The van der Waals surface area contributed by atoms with Crippen LogP contribution in [0.5, 0.6) is 0 Å². The van der Waals surface area contributed by atoms with E-state index in [4.69, 9.17) is 5.11 Å². The van der Waals surface area contributed by atoms with Gasteiger partial charge in [0.1, 0.15) is 0 Å². The lowest BCUT2D eigenvalue weighted by Crippen LogP contribution is -3.04. The minimum atomic E-state index is 0.346. The van der Waals surface area contributed by atoms with Gasteiger partial charge in [0.15, 0.2) is 0 Å². The van der Waals surface area contributed by atoms with Crippen molar-refractivity contribution in [1.29, 1.82) is 0 Å². The van der Waals surface area contributed by atoms with Crippen LogP contribution in [0.3, 0.4) is 0 Å². The highest BCUT2D eigenvalue weighted by atomic mass is 16.3. The molecule has 1 fully saturated rings. The van der Waals surface area contributed by atoms with Gasteiger partial charge in [-0.05, 0) is 0 Å². The molecular weight excluding hydrogens is 102 g/mol. The topological polar surface area (TPSA) is 24.7 Å². The Morgan fingerprint density at radius 2 is 2.50 bits per heavy atom. The summed E-state index contributed by atoms with van der Waals surface area (Å²) in [5, 5.41) is 8.64. The molecule has 0 aromatic rings. The van der Waals surface area contributed by atoms with Crippen molar-refractivity contribution in [3.8, 4) is 0 Å². The maximum absolute atomic E-state index is 8.64. The van der Waals surface area contributed by atoms with Crippen LogP contribution < -0.4 is 4.90 Å². The molecule has 2 nitrogen and oxygen atoms in total. The summed E-state index contributed by atoms with van der Waals surface area (Å²) in [5.74, 6) is 0.530. The molecule has 1 aliphatic rings. The van der Waals surface area contributed by atoms with E-state index in [1.54, 1.807) is 0 Å². The monoisotopic (exact) mass is 115 g/mol. The third-order valence-electron chi connectivity index (χ3n) is 1.74. The Labute approximate surface area is 50.1 Å². The fourth-order valence-corrected chi connectivity index (χ4v) is 1.18. The van der Waals surface area contributed by atoms with Crippen LogP contribution in [0.1, 0.15) is 6.42 Å². The van der Waals surface area contributed by atoms with Gasteiger partial charge >= 0.3 is 0 Å². The third kappa shape index (κ3) is 1.20. The zero-order valence-electron chi connectivity index (χ0n) is 5.06. The number of nitrogens with one attached hydrogen (secondary N) is 1. The Kier molecular flexibility index (Phi) is 1.86. The van der Waals surface area contributed by atoms with Gasteiger partial charge < -0.3 is 10.0 Å². The van der Waals surface area contributed by atoms with Crippen molar-refractivity contribution in [2.45, 2.75) is 6.42 Å². The second-order valence-corrected chi connectivity index (χ2v) is 2.54. The van der Waals surface area contributed by atoms with E-state index in [1.165, 1.54) is 4.90 Å². The average molecular weight is 115 g/mol. The van der Waals surface area contributed by atoms with Gasteiger partial charge in [0, 0.05) is 12.3 Å². The highest BCUT2D eigenvalue weighted by Crippen LogP contribution is 2.00. The highest BCUT2D eigenvalue weighted by Gasteiger charge is 2.18. The van der Waals surface area contributed by atoms with Crippen molar-refractivity contribution in [2.24, 2.45) is 5.92 Å². The van der Waals surface area contributed by atoms with Gasteiger partial charge in [-0.25, -0.2) is 0 Å². The van der Waals surface area contributed by atoms with Crippen LogP contribution in [0.2, 0.25) is 0 Å². The smallest absolute Gasteiger partial charge is 0.0583 e. The number of hydrogen-bond acceptors (Lipinski definition) is 1. The molecule has 1 heterocycles. The van der Waals surface area contributed by atoms with E-state index < -0.39 is 0 Å². The zero-order chi connectivity index (χ0) is 5.98. The van der Waals surface area contributed by atoms with Crippen LogP contribution in [0.25, 0.3) is 0 Å². The van der Waals surface area contributed by atoms with E-state index in [0.29, 0.717) is 12.5 Å². The van der Waals surface area contributed by atoms with E-state index in [-0.39, 0.29) is 0 Å². The standard InChI is InChI=1S/C6H13NO/c1-7-3-2-6(4-7)5-8/h6-8H,1-5H2/t6-/m0/s1. The molecule has 0 radical (unpaired) electrons. The van der Waals surface area contributed by atoms with Crippen molar-refractivity contribution >= 4 is 0 Å². The molecule has 1 rings (SSSR count). The van der Waals surface area contributed by atoms with E-state index in [9.17, 15) is 0 Å². The van der Waals surface area contributed by atoms with Crippen LogP contribution >= 0.6 is 0 Å². The van der Waals surface area contributed by atoms with Crippen molar-refractivity contribution in [3.05, 3.63) is 7.05 Å². The maximum atomic E-state index is 8.64. The quantitative estimate of drug-likeness (QED) is 0.407. The number of aliphatic hydroxyl groups is 1. The molecule has 0 spiro atoms. The molecule has 1 unspecified atom stereocenters. The fraction of sp³-hybridized carbons (Fsp3) is 0.833. The molecular formula is C6H13NO. The van der Waals surface area contributed by atoms with Crippen LogP contribution in [-0.4, -0.2) is 24.8 Å². The Hall–Kier alpha value is -0.0800. The van der Waals surface area contributed by atoms with E-state index >= 15 is 0 Å². The lowest BCUT2D eigenvalue weighted by atomic mass is 10.1. The van der Waals surface area contributed by atoms with Gasteiger partial charge in [0.25, 0.3) is 0 Å². The van der Waals surface area contributed by atoms with Crippen molar-refractivity contribution in [1.82, 2.24) is 0 Å². The second-order valence-electron chi connectivity index (χ2n) is 2.54. The molecule has 0 aromatic carbocycles. The molecule has 2 heteroatoms. The largest absolute Gasteiger partial charge is 0.468 e. The summed E-state index contributed by atoms with van der Waals surface area (Å²) in [5.41, 5.74) is 0. The van der Waals surface area contributed by atoms with Gasteiger partial charge in [-0.2, -0.15) is 7.05 Å². The molecule has 1 saturated heterocycles. The van der Waals surface area contributed by atoms with Gasteiger partial charge in [0.2, 0.25) is 0 Å². The number of quaternary nitrogens is 1. The predicted molar refractivity (Wildman–Crippen MR) is 31.2 cm³/mol. The number of likely N-dealkylation sites (tertiary alicyclic amines) is 1. The van der Waals surface area contributed by atoms with E-state index in [0.717, 1.165) is 19.5 Å². The van der Waals surface area contributed by atoms with E-state index in [1.807, 2.05) is 0 Å². The molecule has 0 aromatic heterocycles. The Morgan fingerprint density at radius 1 is 1.75 bits per heavy atom. The zero-order valence-corrected chi connectivity index (χ0v) is 5.06. The van der Waals surface area contributed by atoms with Crippen LogP contribution in [0.15, 0.2) is 0 Å². The molecule has 2 atom stereocenters. The third-order valence-corrected chi connectivity index (χ3v) is 1.74. The first-order valence-electron chi connectivity index (χ1n) is 3.10. The summed E-state index contributed by atoms with van der Waals surface area (Å²) in [6.07, 6.45) is 1.15. The minimum Gasteiger partial charge on any atom is -0.468 e. The van der Waals surface area contributed by atoms with Gasteiger partial charge in [-0.3, -0.25) is 0 Å². The first-order valence-corrected chi connectivity index (χ1v) is 3.10. The molecule has 0 saturated carbocycles. The summed E-state index contributed by atoms with van der Waals surface area (Å²) >= 11 is 0. The Balaban J connectivity index is 2.22. The average Bonchev–Trinajstić information content (AvgIpc) is 2.14. The normalized spacial score (nSPS) is 38.2. The lowest BCUT2D eigenvalue weighted by Gasteiger charge is -2.11. The van der Waals surface area contributed by atoms with E-state index in [2.05, 4.69) is 7.05 Å². The van der Waals surface area contributed by atoms with Crippen LogP contribution in [-0.2, 0) is 0 Å². The summed E-state index contributed by atoms with van der Waals surface area (Å²) in [7, 11) is 3.84. The summed E-state index contributed by atoms with van der Waals surface area (Å²) in [4.78, 5) is 1.31.